The zero-order valence-corrected chi connectivity index (χ0v) is 10.6. The number of hydrogen-bond donors (Lipinski definition) is 1. The van der Waals surface area contributed by atoms with Gasteiger partial charge in [-0.15, -0.1) is 0 Å². The Balaban J connectivity index is 2.86. The fraction of sp³-hybridized carbons (Fsp3) is 0.250. The highest BCUT2D eigenvalue weighted by molar-refractivity contribution is 9.10. The standard InChI is InChI=1S/C12H10BrF2NO/c1-2-6-3-7(13)4-8-10(17)5-9(12(14)15)16-11(6)8/h3-5,12H,2H2,1H3,(H,16,17). The molecule has 5 heteroatoms. The van der Waals surface area contributed by atoms with Crippen molar-refractivity contribution in [2.75, 3.05) is 0 Å². The maximum atomic E-state index is 12.6. The van der Waals surface area contributed by atoms with E-state index in [0.29, 0.717) is 17.3 Å². The van der Waals surface area contributed by atoms with Crippen LogP contribution in [0.5, 0.6) is 0 Å². The maximum absolute atomic E-state index is 12.6. The molecule has 1 aromatic carbocycles. The molecule has 0 saturated heterocycles. The Morgan fingerprint density at radius 2 is 2.06 bits per heavy atom. The predicted octanol–water partition coefficient (Wildman–Crippen LogP) is 3.79. The van der Waals surface area contributed by atoms with Crippen LogP contribution in [-0.4, -0.2) is 4.98 Å². The van der Waals surface area contributed by atoms with E-state index in [2.05, 4.69) is 20.9 Å². The molecule has 0 amide bonds. The van der Waals surface area contributed by atoms with Gasteiger partial charge in [-0.3, -0.25) is 4.79 Å². The van der Waals surface area contributed by atoms with Gasteiger partial charge in [0.1, 0.15) is 0 Å². The molecular formula is C12H10BrF2NO. The molecule has 0 saturated carbocycles. The van der Waals surface area contributed by atoms with Crippen molar-refractivity contribution in [3.8, 4) is 0 Å². The summed E-state index contributed by atoms with van der Waals surface area (Å²) in [6.45, 7) is 1.91. The van der Waals surface area contributed by atoms with Crippen LogP contribution in [0.4, 0.5) is 8.78 Å². The number of pyridine rings is 1. The van der Waals surface area contributed by atoms with Crippen LogP contribution in [0.25, 0.3) is 10.9 Å². The smallest absolute Gasteiger partial charge is 0.278 e. The summed E-state index contributed by atoms with van der Waals surface area (Å²) in [6.07, 6.45) is -2.00. The van der Waals surface area contributed by atoms with Gasteiger partial charge in [0.25, 0.3) is 6.43 Å². The van der Waals surface area contributed by atoms with Crippen molar-refractivity contribution >= 4 is 26.8 Å². The molecule has 90 valence electrons. The minimum atomic E-state index is -2.67. The van der Waals surface area contributed by atoms with Gasteiger partial charge in [0.05, 0.1) is 11.2 Å². The summed E-state index contributed by atoms with van der Waals surface area (Å²) in [4.78, 5) is 14.4. The van der Waals surface area contributed by atoms with Gasteiger partial charge in [-0.05, 0) is 24.1 Å². The monoisotopic (exact) mass is 301 g/mol. The largest absolute Gasteiger partial charge is 0.353 e. The first-order valence-electron chi connectivity index (χ1n) is 5.16. The molecular weight excluding hydrogens is 292 g/mol. The van der Waals surface area contributed by atoms with Crippen molar-refractivity contribution in [3.63, 3.8) is 0 Å². The number of halogens is 3. The molecule has 1 heterocycles. The van der Waals surface area contributed by atoms with Gasteiger partial charge in [0, 0.05) is 15.9 Å². The zero-order valence-electron chi connectivity index (χ0n) is 9.06. The summed E-state index contributed by atoms with van der Waals surface area (Å²) in [5.74, 6) is 0. The van der Waals surface area contributed by atoms with Gasteiger partial charge in [0.15, 0.2) is 5.43 Å². The van der Waals surface area contributed by atoms with E-state index >= 15 is 0 Å². The quantitative estimate of drug-likeness (QED) is 0.899. The Morgan fingerprint density at radius 1 is 1.35 bits per heavy atom. The molecule has 0 bridgehead atoms. The van der Waals surface area contributed by atoms with Crippen molar-refractivity contribution in [2.24, 2.45) is 0 Å². The molecule has 2 nitrogen and oxygen atoms in total. The second-order valence-electron chi connectivity index (χ2n) is 3.73. The van der Waals surface area contributed by atoms with E-state index < -0.39 is 6.43 Å². The topological polar surface area (TPSA) is 32.9 Å². The van der Waals surface area contributed by atoms with E-state index in [0.717, 1.165) is 16.1 Å². The minimum Gasteiger partial charge on any atom is -0.353 e. The molecule has 2 rings (SSSR count). The Hall–Kier alpha value is -1.23. The number of H-pyrrole nitrogens is 1. The van der Waals surface area contributed by atoms with Crippen LogP contribution in [0, 0.1) is 0 Å². The van der Waals surface area contributed by atoms with Crippen LogP contribution in [0.2, 0.25) is 0 Å². The molecule has 17 heavy (non-hydrogen) atoms. The van der Waals surface area contributed by atoms with Crippen LogP contribution in [0.3, 0.4) is 0 Å². The third kappa shape index (κ3) is 2.24. The molecule has 2 aromatic rings. The molecule has 0 aliphatic carbocycles. The number of nitrogens with one attached hydrogen (secondary N) is 1. The second-order valence-corrected chi connectivity index (χ2v) is 4.65. The fourth-order valence-corrected chi connectivity index (χ4v) is 2.31. The lowest BCUT2D eigenvalue weighted by Crippen LogP contribution is -2.07. The molecule has 1 N–H and O–H groups in total. The highest BCUT2D eigenvalue weighted by Crippen LogP contribution is 2.24. The average molecular weight is 302 g/mol. The van der Waals surface area contributed by atoms with E-state index in [1.54, 1.807) is 6.07 Å². The molecule has 0 aliphatic rings. The van der Waals surface area contributed by atoms with E-state index in [1.807, 2.05) is 13.0 Å². The maximum Gasteiger partial charge on any atom is 0.278 e. The molecule has 0 unspecified atom stereocenters. The fourth-order valence-electron chi connectivity index (χ4n) is 1.80. The molecule has 1 aromatic heterocycles. The van der Waals surface area contributed by atoms with Crippen LogP contribution in [0.15, 0.2) is 27.5 Å². The summed E-state index contributed by atoms with van der Waals surface area (Å²) < 4.78 is 26.0. The molecule has 0 aliphatic heterocycles. The summed E-state index contributed by atoms with van der Waals surface area (Å²) in [5.41, 5.74) is 0.622. The molecule has 0 fully saturated rings. The number of alkyl halides is 2. The highest BCUT2D eigenvalue weighted by Gasteiger charge is 2.12. The van der Waals surface area contributed by atoms with E-state index in [-0.39, 0.29) is 11.1 Å². The number of fused-ring (bicyclic) bond motifs is 1. The van der Waals surface area contributed by atoms with Crippen LogP contribution in [-0.2, 0) is 6.42 Å². The number of benzene rings is 1. The molecule has 0 radical (unpaired) electrons. The van der Waals surface area contributed by atoms with E-state index in [4.69, 9.17) is 0 Å². The lowest BCUT2D eigenvalue weighted by molar-refractivity contribution is 0.146. The highest BCUT2D eigenvalue weighted by atomic mass is 79.9. The molecule has 0 atom stereocenters. The number of aromatic nitrogens is 1. The van der Waals surface area contributed by atoms with Crippen molar-refractivity contribution in [1.29, 1.82) is 0 Å². The Labute approximate surface area is 105 Å². The van der Waals surface area contributed by atoms with Crippen LogP contribution < -0.4 is 5.43 Å². The van der Waals surface area contributed by atoms with Gasteiger partial charge >= 0.3 is 0 Å². The Bertz CT molecular complexity index is 622. The molecule has 0 spiro atoms. The number of hydrogen-bond acceptors (Lipinski definition) is 1. The Kier molecular flexibility index (Phi) is 3.28. The van der Waals surface area contributed by atoms with Gasteiger partial charge in [-0.2, -0.15) is 0 Å². The van der Waals surface area contributed by atoms with Gasteiger partial charge in [-0.25, -0.2) is 8.78 Å². The predicted molar refractivity (Wildman–Crippen MR) is 66.6 cm³/mol. The summed E-state index contributed by atoms with van der Waals surface area (Å²) in [6, 6.07) is 4.43. The lowest BCUT2D eigenvalue weighted by atomic mass is 10.1. The Morgan fingerprint density at radius 3 is 2.65 bits per heavy atom. The summed E-state index contributed by atoms with van der Waals surface area (Å²) in [5, 5.41) is 0.431. The first kappa shape index (κ1) is 12.2. The third-order valence-corrected chi connectivity index (χ3v) is 3.08. The summed E-state index contributed by atoms with van der Waals surface area (Å²) >= 11 is 3.30. The van der Waals surface area contributed by atoms with Gasteiger partial charge in [-0.1, -0.05) is 22.9 Å². The van der Waals surface area contributed by atoms with Crippen molar-refractivity contribution in [2.45, 2.75) is 19.8 Å². The van der Waals surface area contributed by atoms with Gasteiger partial charge in [0.2, 0.25) is 0 Å². The zero-order chi connectivity index (χ0) is 12.6. The SMILES string of the molecule is CCc1cc(Br)cc2c(=O)cc(C(F)F)[nH]c12. The van der Waals surface area contributed by atoms with Crippen molar-refractivity contribution in [3.05, 3.63) is 44.2 Å². The number of rotatable bonds is 2. The normalized spacial score (nSPS) is 11.4. The van der Waals surface area contributed by atoms with Crippen molar-refractivity contribution in [1.82, 2.24) is 4.98 Å². The average Bonchev–Trinajstić information content (AvgIpc) is 2.28. The number of aromatic amines is 1. The first-order chi connectivity index (χ1) is 8.02. The van der Waals surface area contributed by atoms with Gasteiger partial charge < -0.3 is 4.98 Å². The van der Waals surface area contributed by atoms with E-state index in [9.17, 15) is 13.6 Å². The van der Waals surface area contributed by atoms with Crippen LogP contribution >= 0.6 is 15.9 Å². The summed E-state index contributed by atoms with van der Waals surface area (Å²) in [7, 11) is 0. The van der Waals surface area contributed by atoms with Crippen LogP contribution in [0.1, 0.15) is 24.6 Å². The first-order valence-corrected chi connectivity index (χ1v) is 5.95. The minimum absolute atomic E-state index is 0.334. The number of aryl methyl sites for hydroxylation is 1. The van der Waals surface area contributed by atoms with Crippen molar-refractivity contribution < 1.29 is 8.78 Å². The third-order valence-electron chi connectivity index (χ3n) is 2.62. The lowest BCUT2D eigenvalue weighted by Gasteiger charge is -2.08. The van der Waals surface area contributed by atoms with E-state index in [1.165, 1.54) is 0 Å². The second kappa shape index (κ2) is 4.56.